The molecule has 0 bridgehead atoms. The third kappa shape index (κ3) is 6.85. The van der Waals surface area contributed by atoms with Crippen LogP contribution in [0.1, 0.15) is 26.2 Å². The number of para-hydroxylation sites is 1. The molecule has 2 saturated heterocycles. The van der Waals surface area contributed by atoms with Gasteiger partial charge in [0.05, 0.1) is 35.2 Å². The molecular weight excluding hydrogens is 628 g/mol. The van der Waals surface area contributed by atoms with E-state index in [1.807, 2.05) is 6.92 Å². The maximum absolute atomic E-state index is 13.6. The number of nitrogens with two attached hydrogens (primary N) is 1. The molecule has 2 atom stereocenters. The second-order valence-electron chi connectivity index (χ2n) is 11.3. The number of pyridine rings is 1. The summed E-state index contributed by atoms with van der Waals surface area (Å²) in [7, 11) is -8.06. The summed E-state index contributed by atoms with van der Waals surface area (Å²) in [5.41, 5.74) is -0.653. The highest BCUT2D eigenvalue weighted by Crippen LogP contribution is 2.39. The van der Waals surface area contributed by atoms with E-state index in [4.69, 9.17) is 14.6 Å². The zero-order chi connectivity index (χ0) is 32.6. The topological polar surface area (TPSA) is 199 Å². The molecule has 2 fully saturated rings. The highest BCUT2D eigenvalue weighted by Gasteiger charge is 2.47. The summed E-state index contributed by atoms with van der Waals surface area (Å²) in [4.78, 5) is 26.0. The molecule has 244 valence electrons. The fraction of sp³-hybridized carbons (Fsp3) is 0.448. The van der Waals surface area contributed by atoms with E-state index in [1.54, 1.807) is 28.8 Å². The molecule has 4 N–H and O–H groups in total. The SMILES string of the molecule is CCn1cc(S(=O)(=O)N2CCC3(CC2)C[C@@H](N(C[C@H](O)COc2cccc(S(N)(=O)=O)c2)C(=O)O)CO3)c(=O)c2ccccc21. The lowest BCUT2D eigenvalue weighted by Crippen LogP contribution is -2.49. The molecule has 5 rings (SSSR count). The van der Waals surface area contributed by atoms with Crippen molar-refractivity contribution < 1.29 is 41.3 Å². The predicted octanol–water partition coefficient (Wildman–Crippen LogP) is 1.40. The monoisotopic (exact) mass is 664 g/mol. The number of rotatable bonds is 10. The number of benzene rings is 2. The lowest BCUT2D eigenvalue weighted by Gasteiger charge is -2.38. The van der Waals surface area contributed by atoms with Crippen LogP contribution in [0.25, 0.3) is 10.9 Å². The fourth-order valence-corrected chi connectivity index (χ4v) is 8.10. The first-order valence-corrected chi connectivity index (χ1v) is 17.4. The fourth-order valence-electron chi connectivity index (χ4n) is 6.00. The number of carbonyl (C=O) groups is 1. The zero-order valence-electron chi connectivity index (χ0n) is 24.6. The Hall–Kier alpha value is -3.54. The second-order valence-corrected chi connectivity index (χ2v) is 14.8. The van der Waals surface area contributed by atoms with Crippen molar-refractivity contribution in [3.63, 3.8) is 0 Å². The van der Waals surface area contributed by atoms with Gasteiger partial charge in [-0.05, 0) is 50.5 Å². The molecule has 0 aliphatic carbocycles. The van der Waals surface area contributed by atoms with Crippen LogP contribution in [0.2, 0.25) is 0 Å². The number of fused-ring (bicyclic) bond motifs is 1. The average molecular weight is 665 g/mol. The van der Waals surface area contributed by atoms with Crippen LogP contribution < -0.4 is 15.3 Å². The number of hydrogen-bond acceptors (Lipinski definition) is 9. The number of aromatic nitrogens is 1. The number of aliphatic hydroxyl groups excluding tert-OH is 1. The van der Waals surface area contributed by atoms with E-state index in [0.717, 1.165) is 4.90 Å². The summed E-state index contributed by atoms with van der Waals surface area (Å²) in [5, 5.41) is 25.9. The molecule has 0 saturated carbocycles. The summed E-state index contributed by atoms with van der Waals surface area (Å²) in [5.74, 6) is 0.143. The smallest absolute Gasteiger partial charge is 0.407 e. The van der Waals surface area contributed by atoms with Gasteiger partial charge in [-0.15, -0.1) is 0 Å². The highest BCUT2D eigenvalue weighted by molar-refractivity contribution is 7.89. The summed E-state index contributed by atoms with van der Waals surface area (Å²) < 4.78 is 65.0. The van der Waals surface area contributed by atoms with Crippen LogP contribution in [0.4, 0.5) is 4.79 Å². The molecule has 2 aromatic carbocycles. The quantitative estimate of drug-likeness (QED) is 0.285. The van der Waals surface area contributed by atoms with E-state index < -0.39 is 49.3 Å². The van der Waals surface area contributed by atoms with Gasteiger partial charge in [0.25, 0.3) is 0 Å². The summed E-state index contributed by atoms with van der Waals surface area (Å²) >= 11 is 0. The number of aliphatic hydroxyl groups is 1. The van der Waals surface area contributed by atoms with Gasteiger partial charge in [0.1, 0.15) is 23.4 Å². The van der Waals surface area contributed by atoms with Gasteiger partial charge in [-0.3, -0.25) is 4.79 Å². The first-order valence-electron chi connectivity index (χ1n) is 14.4. The molecule has 3 aromatic rings. The lowest BCUT2D eigenvalue weighted by atomic mass is 9.88. The van der Waals surface area contributed by atoms with E-state index in [9.17, 15) is 36.6 Å². The Bertz CT molecular complexity index is 1850. The Balaban J connectivity index is 1.22. The van der Waals surface area contributed by atoms with Gasteiger partial charge in [0.15, 0.2) is 0 Å². The van der Waals surface area contributed by atoms with Crippen molar-refractivity contribution in [1.82, 2.24) is 13.8 Å². The van der Waals surface area contributed by atoms with E-state index in [1.165, 1.54) is 34.8 Å². The van der Waals surface area contributed by atoms with Gasteiger partial charge < -0.3 is 29.2 Å². The van der Waals surface area contributed by atoms with Gasteiger partial charge >= 0.3 is 6.09 Å². The second kappa shape index (κ2) is 12.7. The van der Waals surface area contributed by atoms with Crippen LogP contribution in [0, 0.1) is 0 Å². The van der Waals surface area contributed by atoms with Crippen molar-refractivity contribution in [3.8, 4) is 5.75 Å². The van der Waals surface area contributed by atoms with Gasteiger partial charge in [-0.2, -0.15) is 4.31 Å². The van der Waals surface area contributed by atoms with Crippen molar-refractivity contribution in [2.24, 2.45) is 5.14 Å². The van der Waals surface area contributed by atoms with Crippen LogP contribution >= 0.6 is 0 Å². The number of nitrogens with zero attached hydrogens (tertiary/aromatic N) is 3. The normalized spacial score (nSPS) is 19.5. The Morgan fingerprint density at radius 1 is 1.16 bits per heavy atom. The largest absolute Gasteiger partial charge is 0.491 e. The Labute approximate surface area is 260 Å². The molecular formula is C29H36N4O10S2. The molecule has 14 nitrogen and oxygen atoms in total. The van der Waals surface area contributed by atoms with Crippen LogP contribution in [0.5, 0.6) is 5.75 Å². The van der Waals surface area contributed by atoms with Gasteiger partial charge in [0.2, 0.25) is 25.5 Å². The number of hydrogen-bond donors (Lipinski definition) is 3. The number of amides is 1. The van der Waals surface area contributed by atoms with E-state index in [2.05, 4.69) is 0 Å². The number of primary sulfonamides is 1. The maximum Gasteiger partial charge on any atom is 0.407 e. The first-order chi connectivity index (χ1) is 21.2. The van der Waals surface area contributed by atoms with E-state index in [0.29, 0.717) is 36.7 Å². The molecule has 3 heterocycles. The van der Waals surface area contributed by atoms with Crippen LogP contribution in [0.15, 0.2) is 69.3 Å². The number of carboxylic acid groups (broad SMARTS) is 1. The van der Waals surface area contributed by atoms with Crippen molar-refractivity contribution in [3.05, 3.63) is 65.0 Å². The molecule has 16 heteroatoms. The Kier molecular flexibility index (Phi) is 9.26. The minimum atomic E-state index is -4.11. The van der Waals surface area contributed by atoms with Crippen LogP contribution in [-0.2, 0) is 31.3 Å². The van der Waals surface area contributed by atoms with Gasteiger partial charge in [0, 0.05) is 37.3 Å². The van der Waals surface area contributed by atoms with Crippen LogP contribution in [-0.4, -0.2) is 97.5 Å². The summed E-state index contributed by atoms with van der Waals surface area (Å²) in [6.45, 7) is 2.00. The molecule has 1 aromatic heterocycles. The van der Waals surface area contributed by atoms with E-state index in [-0.39, 0.29) is 48.4 Å². The Morgan fingerprint density at radius 3 is 2.53 bits per heavy atom. The number of sulfonamides is 2. The van der Waals surface area contributed by atoms with Gasteiger partial charge in [-0.25, -0.2) is 26.8 Å². The standard InChI is InChI=1S/C29H36N4O10S2/c1-2-31-17-26(27(35)24-8-3-4-9-25(24)31)45(40,41)32-12-10-29(11-13-32)15-20(18-43-29)33(28(36)37)16-21(34)19-42-22-6-5-7-23(14-22)44(30,38)39/h3-9,14,17,20-21,34H,2,10-13,15-16,18-19H2,1H3,(H,36,37)(H2,30,38,39)/t20-,21+/m1/s1. The minimum Gasteiger partial charge on any atom is -0.491 e. The molecule has 1 spiro atoms. The molecule has 1 amide bonds. The van der Waals surface area contributed by atoms with Crippen molar-refractivity contribution >= 4 is 37.0 Å². The van der Waals surface area contributed by atoms with Crippen molar-refractivity contribution in [2.45, 2.75) is 60.3 Å². The number of aryl methyl sites for hydroxylation is 1. The predicted molar refractivity (Wildman–Crippen MR) is 163 cm³/mol. The third-order valence-corrected chi connectivity index (χ3v) is 11.2. The lowest BCUT2D eigenvalue weighted by molar-refractivity contribution is -0.0319. The maximum atomic E-state index is 13.6. The Morgan fingerprint density at radius 2 is 1.87 bits per heavy atom. The number of piperidine rings is 1. The average Bonchev–Trinajstić information content (AvgIpc) is 3.41. The summed E-state index contributed by atoms with van der Waals surface area (Å²) in [6.07, 6.45) is -0.203. The van der Waals surface area contributed by atoms with Crippen molar-refractivity contribution in [1.29, 1.82) is 0 Å². The molecule has 0 unspecified atom stereocenters. The summed E-state index contributed by atoms with van der Waals surface area (Å²) in [6, 6.07) is 11.7. The van der Waals surface area contributed by atoms with Crippen molar-refractivity contribution in [2.75, 3.05) is 32.8 Å². The zero-order valence-corrected chi connectivity index (χ0v) is 26.2. The van der Waals surface area contributed by atoms with Crippen LogP contribution in [0.3, 0.4) is 0 Å². The molecule has 0 radical (unpaired) electrons. The molecule has 2 aliphatic rings. The minimum absolute atomic E-state index is 0.0644. The number of ether oxygens (including phenoxy) is 2. The first kappa shape index (κ1) is 32.8. The van der Waals surface area contributed by atoms with Gasteiger partial charge in [-0.1, -0.05) is 18.2 Å². The molecule has 45 heavy (non-hydrogen) atoms. The highest BCUT2D eigenvalue weighted by atomic mass is 32.2. The third-order valence-electron chi connectivity index (χ3n) is 8.41. The molecule has 2 aliphatic heterocycles. The van der Waals surface area contributed by atoms with E-state index >= 15 is 0 Å².